The maximum Gasteiger partial charge on any atom is 0.322 e. The molecule has 2 aliphatic rings. The number of hydrogen-bond donors (Lipinski definition) is 2. The molecule has 5 nitrogen and oxygen atoms in total. The summed E-state index contributed by atoms with van der Waals surface area (Å²) in [5.74, 6) is 0. The molecule has 20 heavy (non-hydrogen) atoms. The molecule has 108 valence electrons. The largest absolute Gasteiger partial charge is 0.399 e. The molecule has 0 radical (unpaired) electrons. The molecule has 2 fully saturated rings. The van der Waals surface area contributed by atoms with Crippen LogP contribution in [-0.4, -0.2) is 47.5 Å². The first kappa shape index (κ1) is 13.2. The predicted molar refractivity (Wildman–Crippen MR) is 80.6 cm³/mol. The lowest BCUT2D eigenvalue weighted by Crippen LogP contribution is -2.57. The molecule has 2 heterocycles. The maximum atomic E-state index is 12.4. The normalized spacial score (nSPS) is 26.4. The number of rotatable bonds is 1. The van der Waals surface area contributed by atoms with E-state index in [4.69, 9.17) is 5.73 Å². The summed E-state index contributed by atoms with van der Waals surface area (Å²) in [7, 11) is 0. The Hall–Kier alpha value is -1.75. The molecule has 2 unspecified atom stereocenters. The van der Waals surface area contributed by atoms with Crippen LogP contribution in [-0.2, 0) is 0 Å². The van der Waals surface area contributed by atoms with Crippen LogP contribution < -0.4 is 11.1 Å². The minimum atomic E-state index is -0.00572. The lowest BCUT2D eigenvalue weighted by molar-refractivity contribution is 0.0861. The van der Waals surface area contributed by atoms with Gasteiger partial charge in [0, 0.05) is 36.5 Å². The minimum absolute atomic E-state index is 0.00572. The van der Waals surface area contributed by atoms with Crippen LogP contribution in [0, 0.1) is 0 Å². The zero-order valence-electron chi connectivity index (χ0n) is 11.9. The monoisotopic (exact) mass is 274 g/mol. The summed E-state index contributed by atoms with van der Waals surface area (Å²) in [6.07, 6.45) is 2.46. The van der Waals surface area contributed by atoms with Gasteiger partial charge >= 0.3 is 6.03 Å². The van der Waals surface area contributed by atoms with Crippen molar-refractivity contribution in [2.45, 2.75) is 31.8 Å². The lowest BCUT2D eigenvalue weighted by Gasteiger charge is -2.42. The molecule has 1 aromatic rings. The van der Waals surface area contributed by atoms with Crippen molar-refractivity contribution in [2.75, 3.05) is 30.7 Å². The van der Waals surface area contributed by atoms with Crippen LogP contribution in [0.15, 0.2) is 24.3 Å². The Bertz CT molecular complexity index is 487. The van der Waals surface area contributed by atoms with Crippen LogP contribution in [0.5, 0.6) is 0 Å². The number of nitrogens with two attached hydrogens (primary N) is 1. The van der Waals surface area contributed by atoms with Crippen LogP contribution in [0.1, 0.15) is 19.8 Å². The van der Waals surface area contributed by atoms with Gasteiger partial charge in [-0.15, -0.1) is 0 Å². The molecule has 0 aliphatic carbocycles. The van der Waals surface area contributed by atoms with Crippen molar-refractivity contribution in [3.8, 4) is 0 Å². The van der Waals surface area contributed by atoms with Crippen LogP contribution in [0.2, 0.25) is 0 Å². The first-order valence-corrected chi connectivity index (χ1v) is 7.30. The molecule has 5 heteroatoms. The van der Waals surface area contributed by atoms with E-state index >= 15 is 0 Å². The van der Waals surface area contributed by atoms with Crippen LogP contribution in [0.3, 0.4) is 0 Å². The highest BCUT2D eigenvalue weighted by Crippen LogP contribution is 2.25. The van der Waals surface area contributed by atoms with E-state index in [1.807, 2.05) is 17.0 Å². The molecule has 0 bridgehead atoms. The zero-order chi connectivity index (χ0) is 14.1. The summed E-state index contributed by atoms with van der Waals surface area (Å²) in [6.45, 7) is 5.13. The summed E-state index contributed by atoms with van der Waals surface area (Å²) in [4.78, 5) is 16.9. The van der Waals surface area contributed by atoms with E-state index < -0.39 is 0 Å². The zero-order valence-corrected chi connectivity index (χ0v) is 11.9. The highest BCUT2D eigenvalue weighted by molar-refractivity contribution is 5.89. The third kappa shape index (κ3) is 2.58. The number of nitrogens with one attached hydrogen (secondary N) is 1. The number of anilines is 2. The average Bonchev–Trinajstić information content (AvgIpc) is 2.87. The Labute approximate surface area is 119 Å². The van der Waals surface area contributed by atoms with Crippen LogP contribution >= 0.6 is 0 Å². The van der Waals surface area contributed by atoms with E-state index in [9.17, 15) is 4.79 Å². The number of fused-ring (bicyclic) bond motifs is 1. The van der Waals surface area contributed by atoms with Gasteiger partial charge in [-0.3, -0.25) is 4.90 Å². The van der Waals surface area contributed by atoms with Crippen molar-refractivity contribution in [2.24, 2.45) is 0 Å². The molecule has 2 atom stereocenters. The molecule has 1 aromatic carbocycles. The minimum Gasteiger partial charge on any atom is -0.399 e. The fourth-order valence-electron chi connectivity index (χ4n) is 3.23. The third-order valence-corrected chi connectivity index (χ3v) is 4.36. The van der Waals surface area contributed by atoms with E-state index in [0.717, 1.165) is 18.8 Å². The van der Waals surface area contributed by atoms with Crippen molar-refractivity contribution in [3.05, 3.63) is 24.3 Å². The average molecular weight is 274 g/mol. The van der Waals surface area contributed by atoms with E-state index in [2.05, 4.69) is 17.1 Å². The van der Waals surface area contributed by atoms with E-state index in [1.54, 1.807) is 12.1 Å². The van der Waals surface area contributed by atoms with Crippen molar-refractivity contribution >= 4 is 17.4 Å². The van der Waals surface area contributed by atoms with Gasteiger partial charge in [-0.1, -0.05) is 0 Å². The summed E-state index contributed by atoms with van der Waals surface area (Å²) in [5, 5.41) is 2.96. The van der Waals surface area contributed by atoms with Gasteiger partial charge < -0.3 is 16.0 Å². The molecule has 0 aromatic heterocycles. The number of benzene rings is 1. The Balaban J connectivity index is 1.65. The standard InChI is InChI=1S/C15H22N4O/c1-11-9-18-8-2-3-14(18)10-19(11)15(20)17-13-6-4-12(16)5-7-13/h4-7,11,14H,2-3,8-10,16H2,1H3,(H,17,20). The highest BCUT2D eigenvalue weighted by atomic mass is 16.2. The SMILES string of the molecule is CC1CN2CCCC2CN1C(=O)Nc1ccc(N)cc1. The lowest BCUT2D eigenvalue weighted by atomic mass is 10.1. The number of nitrogens with zero attached hydrogens (tertiary/aromatic N) is 2. The van der Waals surface area contributed by atoms with Gasteiger partial charge in [0.15, 0.2) is 0 Å². The highest BCUT2D eigenvalue weighted by Gasteiger charge is 2.36. The molecule has 3 rings (SSSR count). The van der Waals surface area contributed by atoms with Gasteiger partial charge in [-0.05, 0) is 50.6 Å². The first-order chi connectivity index (χ1) is 9.63. The molecule has 2 amide bonds. The second-order valence-corrected chi connectivity index (χ2v) is 5.84. The summed E-state index contributed by atoms with van der Waals surface area (Å²) in [5.41, 5.74) is 7.15. The van der Waals surface area contributed by atoms with Crippen molar-refractivity contribution < 1.29 is 4.79 Å². The van der Waals surface area contributed by atoms with Gasteiger partial charge in [0.25, 0.3) is 0 Å². The van der Waals surface area contributed by atoms with Crippen LogP contribution in [0.4, 0.5) is 16.2 Å². The van der Waals surface area contributed by atoms with E-state index in [-0.39, 0.29) is 12.1 Å². The number of amides is 2. The van der Waals surface area contributed by atoms with E-state index in [0.29, 0.717) is 11.7 Å². The van der Waals surface area contributed by atoms with Crippen molar-refractivity contribution in [1.82, 2.24) is 9.80 Å². The fraction of sp³-hybridized carbons (Fsp3) is 0.533. The number of carbonyl (C=O) groups is 1. The van der Waals surface area contributed by atoms with E-state index in [1.165, 1.54) is 19.4 Å². The van der Waals surface area contributed by atoms with Gasteiger partial charge in [0.05, 0.1) is 0 Å². The number of piperazine rings is 1. The van der Waals surface area contributed by atoms with Gasteiger partial charge in [0.2, 0.25) is 0 Å². The second-order valence-electron chi connectivity index (χ2n) is 5.84. The summed E-state index contributed by atoms with van der Waals surface area (Å²) >= 11 is 0. The quantitative estimate of drug-likeness (QED) is 0.770. The summed E-state index contributed by atoms with van der Waals surface area (Å²) < 4.78 is 0. The Morgan fingerprint density at radius 2 is 2.05 bits per heavy atom. The number of carbonyl (C=O) groups excluding carboxylic acids is 1. The third-order valence-electron chi connectivity index (χ3n) is 4.36. The molecule has 2 aliphatic heterocycles. The molecular weight excluding hydrogens is 252 g/mol. The number of urea groups is 1. The topological polar surface area (TPSA) is 61.6 Å². The van der Waals surface area contributed by atoms with Gasteiger partial charge in [-0.25, -0.2) is 4.79 Å². The Morgan fingerprint density at radius 1 is 1.30 bits per heavy atom. The molecular formula is C15H22N4O. The van der Waals surface area contributed by atoms with Crippen molar-refractivity contribution in [1.29, 1.82) is 0 Å². The van der Waals surface area contributed by atoms with Gasteiger partial charge in [0.1, 0.15) is 0 Å². The van der Waals surface area contributed by atoms with Crippen molar-refractivity contribution in [3.63, 3.8) is 0 Å². The molecule has 0 spiro atoms. The smallest absolute Gasteiger partial charge is 0.322 e. The second kappa shape index (κ2) is 5.32. The Kier molecular flexibility index (Phi) is 3.53. The van der Waals surface area contributed by atoms with Gasteiger partial charge in [-0.2, -0.15) is 0 Å². The number of nitrogen functional groups attached to an aromatic ring is 1. The summed E-state index contributed by atoms with van der Waals surface area (Å²) in [6, 6.07) is 8.07. The predicted octanol–water partition coefficient (Wildman–Crippen LogP) is 1.97. The number of hydrogen-bond acceptors (Lipinski definition) is 3. The molecule has 3 N–H and O–H groups in total. The van der Waals surface area contributed by atoms with Crippen LogP contribution in [0.25, 0.3) is 0 Å². The Morgan fingerprint density at radius 3 is 2.80 bits per heavy atom. The first-order valence-electron chi connectivity index (χ1n) is 7.30. The maximum absolute atomic E-state index is 12.4. The molecule has 2 saturated heterocycles. The fourth-order valence-corrected chi connectivity index (χ4v) is 3.23. The molecule has 0 saturated carbocycles.